The molecular weight excluding hydrogens is 362 g/mol. The van der Waals surface area contributed by atoms with Gasteiger partial charge >= 0.3 is 12.6 Å². The summed E-state index contributed by atoms with van der Waals surface area (Å²) < 4.78 is 30.2. The molecule has 2 aromatic rings. The number of hydrogen-bond acceptors (Lipinski definition) is 5. The molecule has 10 heteroatoms. The fourth-order valence-corrected chi connectivity index (χ4v) is 3.19. The first-order valence-corrected chi connectivity index (χ1v) is 8.37. The number of carboxylic acid groups (broad SMARTS) is 1. The number of likely N-dealkylation sites (tertiary alicyclic amines) is 1. The van der Waals surface area contributed by atoms with E-state index in [2.05, 4.69) is 15.0 Å². The number of nitrogens with zero attached hydrogens (tertiary/aromatic N) is 4. The van der Waals surface area contributed by atoms with Crippen molar-refractivity contribution in [1.82, 2.24) is 19.9 Å². The fraction of sp³-hybridized carbons (Fsp3) is 0.412. The minimum atomic E-state index is -2.91. The van der Waals surface area contributed by atoms with Gasteiger partial charge in [-0.3, -0.25) is 9.59 Å². The number of carboxylic acids is 1. The van der Waals surface area contributed by atoms with Gasteiger partial charge in [-0.05, 0) is 44.0 Å². The highest BCUT2D eigenvalue weighted by Gasteiger charge is 2.33. The number of halogens is 2. The molecule has 1 N–H and O–H groups in total. The van der Waals surface area contributed by atoms with E-state index in [1.165, 1.54) is 33.8 Å². The summed E-state index contributed by atoms with van der Waals surface area (Å²) in [6, 6.07) is 5.43. The molecule has 0 saturated carbocycles. The van der Waals surface area contributed by atoms with E-state index in [4.69, 9.17) is 5.11 Å². The number of aromatic nitrogens is 3. The third-order valence-corrected chi connectivity index (χ3v) is 4.45. The van der Waals surface area contributed by atoms with Gasteiger partial charge in [-0.2, -0.15) is 8.78 Å². The molecule has 0 radical (unpaired) electrons. The van der Waals surface area contributed by atoms with Crippen molar-refractivity contribution in [3.8, 4) is 11.4 Å². The number of alkyl halides is 2. The topological polar surface area (TPSA) is 97.5 Å². The van der Waals surface area contributed by atoms with Crippen molar-refractivity contribution in [2.75, 3.05) is 6.54 Å². The normalized spacial score (nSPS) is 16.7. The van der Waals surface area contributed by atoms with Crippen LogP contribution < -0.4 is 4.74 Å². The number of rotatable bonds is 6. The maximum absolute atomic E-state index is 12.8. The Hall–Kier alpha value is -3.04. The Labute approximate surface area is 153 Å². The van der Waals surface area contributed by atoms with E-state index in [0.29, 0.717) is 24.3 Å². The van der Waals surface area contributed by atoms with Gasteiger partial charge in [-0.25, -0.2) is 4.68 Å². The van der Waals surface area contributed by atoms with Crippen molar-refractivity contribution in [2.24, 2.45) is 0 Å². The Morgan fingerprint density at radius 2 is 2.04 bits per heavy atom. The van der Waals surface area contributed by atoms with Gasteiger partial charge in [0, 0.05) is 12.6 Å². The van der Waals surface area contributed by atoms with Crippen LogP contribution >= 0.6 is 0 Å². The lowest BCUT2D eigenvalue weighted by atomic mass is 10.1. The molecule has 1 aliphatic rings. The average Bonchev–Trinajstić information content (AvgIpc) is 3.21. The molecule has 1 saturated heterocycles. The van der Waals surface area contributed by atoms with Crippen molar-refractivity contribution in [3.05, 3.63) is 35.7 Å². The predicted molar refractivity (Wildman–Crippen MR) is 89.0 cm³/mol. The average molecular weight is 380 g/mol. The van der Waals surface area contributed by atoms with Gasteiger partial charge in [-0.1, -0.05) is 5.21 Å². The number of carbonyl (C=O) groups excluding carboxylic acids is 1. The Morgan fingerprint density at radius 3 is 2.67 bits per heavy atom. The third kappa shape index (κ3) is 4.04. The van der Waals surface area contributed by atoms with Crippen LogP contribution in [0.15, 0.2) is 24.3 Å². The molecule has 0 spiro atoms. The van der Waals surface area contributed by atoms with Crippen LogP contribution in [0.25, 0.3) is 5.69 Å². The molecule has 1 aromatic heterocycles. The lowest BCUT2D eigenvalue weighted by Gasteiger charge is -2.22. The van der Waals surface area contributed by atoms with Gasteiger partial charge in [0.1, 0.15) is 5.75 Å². The molecule has 1 aromatic carbocycles. The minimum absolute atomic E-state index is 0.0106. The highest BCUT2D eigenvalue weighted by molar-refractivity contribution is 5.94. The Bertz CT molecular complexity index is 838. The number of carbonyl (C=O) groups is 2. The number of amides is 1. The highest BCUT2D eigenvalue weighted by Crippen LogP contribution is 2.24. The summed E-state index contributed by atoms with van der Waals surface area (Å²) in [4.78, 5) is 25.3. The summed E-state index contributed by atoms with van der Waals surface area (Å²) in [6.07, 6.45) is 1.27. The molecule has 144 valence electrons. The van der Waals surface area contributed by atoms with Crippen LogP contribution in [0.4, 0.5) is 8.78 Å². The maximum atomic E-state index is 12.8. The second kappa shape index (κ2) is 7.68. The number of ether oxygens (including phenoxy) is 1. The first kappa shape index (κ1) is 18.7. The number of aliphatic carboxylic acids is 1. The molecule has 0 bridgehead atoms. The molecule has 1 atom stereocenters. The van der Waals surface area contributed by atoms with E-state index in [1.54, 1.807) is 6.92 Å². The SMILES string of the molecule is Cc1c(C(=O)N2CCCC2CC(=O)O)nnn1-c1ccc(OC(F)F)cc1. The lowest BCUT2D eigenvalue weighted by molar-refractivity contribution is -0.137. The monoisotopic (exact) mass is 380 g/mol. The fourth-order valence-electron chi connectivity index (χ4n) is 3.19. The van der Waals surface area contributed by atoms with Crippen molar-refractivity contribution in [1.29, 1.82) is 0 Å². The van der Waals surface area contributed by atoms with E-state index < -0.39 is 12.6 Å². The van der Waals surface area contributed by atoms with Gasteiger partial charge in [0.15, 0.2) is 5.69 Å². The Balaban J connectivity index is 1.80. The van der Waals surface area contributed by atoms with Gasteiger partial charge in [-0.15, -0.1) is 5.10 Å². The quantitative estimate of drug-likeness (QED) is 0.826. The molecule has 8 nitrogen and oxygen atoms in total. The zero-order valence-corrected chi connectivity index (χ0v) is 14.5. The van der Waals surface area contributed by atoms with Crippen LogP contribution in [0.1, 0.15) is 35.4 Å². The predicted octanol–water partition coefficient (Wildman–Crippen LogP) is 2.26. The zero-order valence-electron chi connectivity index (χ0n) is 14.5. The van der Waals surface area contributed by atoms with E-state index >= 15 is 0 Å². The minimum Gasteiger partial charge on any atom is -0.481 e. The van der Waals surface area contributed by atoms with Crippen molar-refractivity contribution < 1.29 is 28.2 Å². The molecule has 1 aliphatic heterocycles. The molecule has 1 fully saturated rings. The van der Waals surface area contributed by atoms with E-state index in [1.807, 2.05) is 0 Å². The number of hydrogen-bond donors (Lipinski definition) is 1. The maximum Gasteiger partial charge on any atom is 0.387 e. The van der Waals surface area contributed by atoms with Gasteiger partial charge < -0.3 is 14.7 Å². The Morgan fingerprint density at radius 1 is 1.33 bits per heavy atom. The number of benzene rings is 1. The second-order valence-corrected chi connectivity index (χ2v) is 6.20. The van der Waals surface area contributed by atoms with Gasteiger partial charge in [0.2, 0.25) is 0 Å². The van der Waals surface area contributed by atoms with Crippen LogP contribution in [0, 0.1) is 6.92 Å². The standard InChI is InChI=1S/C17H18F2N4O4/c1-10-15(16(26)22-8-2-3-12(22)9-14(24)25)20-21-23(10)11-4-6-13(7-5-11)27-17(18)19/h4-7,12,17H,2-3,8-9H2,1H3,(H,24,25). The third-order valence-electron chi connectivity index (χ3n) is 4.45. The largest absolute Gasteiger partial charge is 0.481 e. The first-order chi connectivity index (χ1) is 12.9. The van der Waals surface area contributed by atoms with Gasteiger partial charge in [0.25, 0.3) is 5.91 Å². The van der Waals surface area contributed by atoms with E-state index in [-0.39, 0.29) is 29.8 Å². The summed E-state index contributed by atoms with van der Waals surface area (Å²) in [5.74, 6) is -1.30. The molecule has 2 heterocycles. The summed E-state index contributed by atoms with van der Waals surface area (Å²) in [6.45, 7) is -0.769. The second-order valence-electron chi connectivity index (χ2n) is 6.20. The summed E-state index contributed by atoms with van der Waals surface area (Å²) in [5.41, 5.74) is 1.15. The van der Waals surface area contributed by atoms with Crippen LogP contribution in [-0.4, -0.2) is 56.1 Å². The molecule has 27 heavy (non-hydrogen) atoms. The molecule has 1 amide bonds. The molecule has 0 aliphatic carbocycles. The van der Waals surface area contributed by atoms with Crippen molar-refractivity contribution in [3.63, 3.8) is 0 Å². The smallest absolute Gasteiger partial charge is 0.387 e. The van der Waals surface area contributed by atoms with Crippen LogP contribution in [0.5, 0.6) is 5.75 Å². The summed E-state index contributed by atoms with van der Waals surface area (Å²) in [7, 11) is 0. The lowest BCUT2D eigenvalue weighted by Crippen LogP contribution is -2.37. The molecule has 3 rings (SSSR count). The molecule has 1 unspecified atom stereocenters. The van der Waals surface area contributed by atoms with Crippen LogP contribution in [0.3, 0.4) is 0 Å². The van der Waals surface area contributed by atoms with Crippen LogP contribution in [0.2, 0.25) is 0 Å². The van der Waals surface area contributed by atoms with Crippen LogP contribution in [-0.2, 0) is 4.79 Å². The summed E-state index contributed by atoms with van der Waals surface area (Å²) in [5, 5.41) is 16.9. The van der Waals surface area contributed by atoms with E-state index in [0.717, 1.165) is 6.42 Å². The Kier molecular flexibility index (Phi) is 5.33. The van der Waals surface area contributed by atoms with Crippen molar-refractivity contribution in [2.45, 2.75) is 38.8 Å². The molecular formula is C17H18F2N4O4. The van der Waals surface area contributed by atoms with Gasteiger partial charge in [0.05, 0.1) is 17.8 Å². The van der Waals surface area contributed by atoms with Crippen molar-refractivity contribution >= 4 is 11.9 Å². The zero-order chi connectivity index (χ0) is 19.6. The first-order valence-electron chi connectivity index (χ1n) is 8.37. The van der Waals surface area contributed by atoms with E-state index in [9.17, 15) is 18.4 Å². The summed E-state index contributed by atoms with van der Waals surface area (Å²) >= 11 is 0. The highest BCUT2D eigenvalue weighted by atomic mass is 19.3.